The number of nitrogens with zero attached hydrogens (tertiary/aromatic N) is 1. The molecule has 0 spiro atoms. The Hall–Kier alpha value is -0.910. The third kappa shape index (κ3) is 3.65. The second-order valence-electron chi connectivity index (χ2n) is 5.98. The third-order valence-electron chi connectivity index (χ3n) is 4.25. The average molecular weight is 353 g/mol. The Kier molecular flexibility index (Phi) is 4.62. The SMILES string of the molecule is NC1CCN(CC(=O)Cc2cc(Br)cc3c2OCC3)CC1. The number of ketones is 1. The number of Topliss-reactive ketones (excluding diaryl/α,β-unsaturated/α-hetero) is 1. The van der Waals surface area contributed by atoms with Crippen molar-refractivity contribution in [2.75, 3.05) is 26.2 Å². The summed E-state index contributed by atoms with van der Waals surface area (Å²) in [7, 11) is 0. The first kappa shape index (κ1) is 15.0. The van der Waals surface area contributed by atoms with Crippen LogP contribution in [0.2, 0.25) is 0 Å². The smallest absolute Gasteiger partial charge is 0.151 e. The van der Waals surface area contributed by atoms with E-state index in [1.165, 1.54) is 5.56 Å². The van der Waals surface area contributed by atoms with E-state index in [1.54, 1.807) is 0 Å². The number of carbonyl (C=O) groups is 1. The standard InChI is InChI=1S/C16H21BrN2O2/c17-13-7-11-3-6-21-16(11)12(8-13)9-15(20)10-19-4-1-14(18)2-5-19/h7-8,14H,1-6,9-10,18H2. The number of piperidine rings is 1. The van der Waals surface area contributed by atoms with E-state index in [4.69, 9.17) is 10.5 Å². The largest absolute Gasteiger partial charge is 0.493 e. The zero-order valence-electron chi connectivity index (χ0n) is 12.1. The van der Waals surface area contributed by atoms with Crippen LogP contribution in [0.5, 0.6) is 5.75 Å². The molecule has 1 aromatic rings. The molecule has 5 heteroatoms. The molecule has 1 saturated heterocycles. The number of hydrogen-bond acceptors (Lipinski definition) is 4. The monoisotopic (exact) mass is 352 g/mol. The highest BCUT2D eigenvalue weighted by Crippen LogP contribution is 2.33. The molecule has 1 fully saturated rings. The molecule has 2 N–H and O–H groups in total. The van der Waals surface area contributed by atoms with E-state index >= 15 is 0 Å². The van der Waals surface area contributed by atoms with Gasteiger partial charge in [-0.3, -0.25) is 9.69 Å². The fourth-order valence-electron chi connectivity index (χ4n) is 3.11. The van der Waals surface area contributed by atoms with Crippen molar-refractivity contribution in [2.24, 2.45) is 5.73 Å². The van der Waals surface area contributed by atoms with Gasteiger partial charge in [-0.15, -0.1) is 0 Å². The summed E-state index contributed by atoms with van der Waals surface area (Å²) in [4.78, 5) is 14.5. The maximum Gasteiger partial charge on any atom is 0.151 e. The molecule has 4 nitrogen and oxygen atoms in total. The van der Waals surface area contributed by atoms with Crippen LogP contribution in [0.1, 0.15) is 24.0 Å². The molecule has 114 valence electrons. The molecule has 0 radical (unpaired) electrons. The highest BCUT2D eigenvalue weighted by atomic mass is 79.9. The number of rotatable bonds is 4. The number of fused-ring (bicyclic) bond motifs is 1. The van der Waals surface area contributed by atoms with Crippen molar-refractivity contribution < 1.29 is 9.53 Å². The van der Waals surface area contributed by atoms with E-state index in [1.807, 2.05) is 6.07 Å². The number of benzene rings is 1. The Morgan fingerprint density at radius 1 is 1.38 bits per heavy atom. The van der Waals surface area contributed by atoms with E-state index in [2.05, 4.69) is 26.9 Å². The van der Waals surface area contributed by atoms with E-state index in [0.29, 0.717) is 19.0 Å². The maximum absolute atomic E-state index is 12.3. The van der Waals surface area contributed by atoms with Crippen molar-refractivity contribution in [3.05, 3.63) is 27.7 Å². The molecule has 3 rings (SSSR count). The van der Waals surface area contributed by atoms with Gasteiger partial charge in [0.2, 0.25) is 0 Å². The molecule has 2 aliphatic heterocycles. The lowest BCUT2D eigenvalue weighted by atomic mass is 10.0. The number of likely N-dealkylation sites (tertiary alicyclic amines) is 1. The predicted molar refractivity (Wildman–Crippen MR) is 85.7 cm³/mol. The minimum atomic E-state index is 0.251. The van der Waals surface area contributed by atoms with Crippen LogP contribution in [0, 0.1) is 0 Å². The molecule has 0 aliphatic carbocycles. The molecule has 2 aliphatic rings. The van der Waals surface area contributed by atoms with Gasteiger partial charge in [0.25, 0.3) is 0 Å². The van der Waals surface area contributed by atoms with Crippen molar-refractivity contribution in [1.29, 1.82) is 0 Å². The molecular formula is C16H21BrN2O2. The quantitative estimate of drug-likeness (QED) is 0.899. The Bertz CT molecular complexity index is 539. The molecular weight excluding hydrogens is 332 g/mol. The number of halogens is 1. The van der Waals surface area contributed by atoms with Crippen molar-refractivity contribution >= 4 is 21.7 Å². The molecule has 1 aromatic carbocycles. The summed E-state index contributed by atoms with van der Waals surface area (Å²) in [6, 6.07) is 4.40. The number of nitrogens with two attached hydrogens (primary N) is 1. The Morgan fingerprint density at radius 2 is 2.14 bits per heavy atom. The average Bonchev–Trinajstić information content (AvgIpc) is 2.89. The molecule has 0 atom stereocenters. The van der Waals surface area contributed by atoms with Crippen LogP contribution in [0.3, 0.4) is 0 Å². The van der Waals surface area contributed by atoms with Gasteiger partial charge < -0.3 is 10.5 Å². The zero-order chi connectivity index (χ0) is 14.8. The van der Waals surface area contributed by atoms with Gasteiger partial charge in [-0.25, -0.2) is 0 Å². The molecule has 0 amide bonds. The van der Waals surface area contributed by atoms with E-state index in [9.17, 15) is 4.79 Å². The Labute approximate surface area is 133 Å². The van der Waals surface area contributed by atoms with Crippen LogP contribution in [0.15, 0.2) is 16.6 Å². The molecule has 0 unspecified atom stereocenters. The number of ether oxygens (including phenoxy) is 1. The van der Waals surface area contributed by atoms with Crippen molar-refractivity contribution in [2.45, 2.75) is 31.7 Å². The minimum Gasteiger partial charge on any atom is -0.493 e. The summed E-state index contributed by atoms with van der Waals surface area (Å²) < 4.78 is 6.71. The van der Waals surface area contributed by atoms with Crippen molar-refractivity contribution in [1.82, 2.24) is 4.90 Å². The van der Waals surface area contributed by atoms with Gasteiger partial charge in [0, 0.05) is 42.0 Å². The van der Waals surface area contributed by atoms with Gasteiger partial charge in [0.1, 0.15) is 5.75 Å². The van der Waals surface area contributed by atoms with Gasteiger partial charge in [0.05, 0.1) is 13.2 Å². The fraction of sp³-hybridized carbons (Fsp3) is 0.562. The van der Waals surface area contributed by atoms with Crippen LogP contribution >= 0.6 is 15.9 Å². The van der Waals surface area contributed by atoms with E-state index in [-0.39, 0.29) is 5.78 Å². The molecule has 2 heterocycles. The molecule has 21 heavy (non-hydrogen) atoms. The summed E-state index contributed by atoms with van der Waals surface area (Å²) in [6.45, 7) is 3.10. The molecule has 0 saturated carbocycles. The summed E-state index contributed by atoms with van der Waals surface area (Å²) in [6.07, 6.45) is 3.36. The summed E-state index contributed by atoms with van der Waals surface area (Å²) in [5.41, 5.74) is 8.11. The summed E-state index contributed by atoms with van der Waals surface area (Å²) >= 11 is 3.52. The second kappa shape index (κ2) is 6.46. The maximum atomic E-state index is 12.3. The van der Waals surface area contributed by atoms with Crippen LogP contribution in [-0.2, 0) is 17.6 Å². The Balaban J connectivity index is 1.63. The first-order valence-corrected chi connectivity index (χ1v) is 8.35. The molecule has 0 aromatic heterocycles. The normalized spacial score (nSPS) is 19.3. The summed E-state index contributed by atoms with van der Waals surface area (Å²) in [5.74, 6) is 1.17. The first-order chi connectivity index (χ1) is 10.1. The van der Waals surface area contributed by atoms with Crippen LogP contribution in [-0.4, -0.2) is 43.0 Å². The topological polar surface area (TPSA) is 55.6 Å². The lowest BCUT2D eigenvalue weighted by Gasteiger charge is -2.29. The van der Waals surface area contributed by atoms with Gasteiger partial charge in [-0.2, -0.15) is 0 Å². The third-order valence-corrected chi connectivity index (χ3v) is 4.70. The van der Waals surface area contributed by atoms with Crippen LogP contribution in [0.4, 0.5) is 0 Å². The lowest BCUT2D eigenvalue weighted by molar-refractivity contribution is -0.119. The Morgan fingerprint density at radius 3 is 2.90 bits per heavy atom. The van der Waals surface area contributed by atoms with Crippen molar-refractivity contribution in [3.63, 3.8) is 0 Å². The van der Waals surface area contributed by atoms with Gasteiger partial charge in [-0.1, -0.05) is 15.9 Å². The van der Waals surface area contributed by atoms with Gasteiger partial charge in [-0.05, 0) is 30.5 Å². The highest BCUT2D eigenvalue weighted by molar-refractivity contribution is 9.10. The predicted octanol–water partition coefficient (Wildman–Crippen LogP) is 1.92. The summed E-state index contributed by atoms with van der Waals surface area (Å²) in [5, 5.41) is 0. The molecule has 0 bridgehead atoms. The highest BCUT2D eigenvalue weighted by Gasteiger charge is 2.22. The van der Waals surface area contributed by atoms with Crippen LogP contribution < -0.4 is 10.5 Å². The fourth-order valence-corrected chi connectivity index (χ4v) is 3.66. The first-order valence-electron chi connectivity index (χ1n) is 7.55. The van der Waals surface area contributed by atoms with Crippen LogP contribution in [0.25, 0.3) is 0 Å². The lowest BCUT2D eigenvalue weighted by Crippen LogP contribution is -2.42. The van der Waals surface area contributed by atoms with E-state index in [0.717, 1.165) is 54.7 Å². The van der Waals surface area contributed by atoms with E-state index < -0.39 is 0 Å². The van der Waals surface area contributed by atoms with Gasteiger partial charge >= 0.3 is 0 Å². The second-order valence-corrected chi connectivity index (χ2v) is 6.90. The zero-order valence-corrected chi connectivity index (χ0v) is 13.7. The minimum absolute atomic E-state index is 0.251. The number of hydrogen-bond donors (Lipinski definition) is 1. The van der Waals surface area contributed by atoms with Gasteiger partial charge in [0.15, 0.2) is 5.78 Å². The van der Waals surface area contributed by atoms with Crippen molar-refractivity contribution in [3.8, 4) is 5.75 Å². The number of carbonyl (C=O) groups excluding carboxylic acids is 1.